The maximum absolute atomic E-state index is 13.7. The first-order chi connectivity index (χ1) is 10.0. The molecule has 0 aliphatic heterocycles. The lowest BCUT2D eigenvalue weighted by molar-refractivity contribution is 0.414. The molecule has 0 spiro atoms. The summed E-state index contributed by atoms with van der Waals surface area (Å²) in [5.74, 6) is -0.277. The molecule has 21 heavy (non-hydrogen) atoms. The Hall–Kier alpha value is -1.65. The SMILES string of the molecule is COc1ccc(CNC(C)c2cc(F)ccc2F)cc1Cl. The molecule has 2 nitrogen and oxygen atoms in total. The van der Waals surface area contributed by atoms with Gasteiger partial charge in [0.05, 0.1) is 12.1 Å². The van der Waals surface area contributed by atoms with E-state index in [0.29, 0.717) is 22.9 Å². The van der Waals surface area contributed by atoms with Crippen LogP contribution in [0.2, 0.25) is 5.02 Å². The Balaban J connectivity index is 2.05. The van der Waals surface area contributed by atoms with Crippen LogP contribution in [-0.4, -0.2) is 7.11 Å². The first kappa shape index (κ1) is 15.7. The van der Waals surface area contributed by atoms with Gasteiger partial charge in [0.15, 0.2) is 0 Å². The molecule has 0 radical (unpaired) electrons. The largest absolute Gasteiger partial charge is 0.495 e. The van der Waals surface area contributed by atoms with Crippen LogP contribution < -0.4 is 10.1 Å². The van der Waals surface area contributed by atoms with E-state index in [4.69, 9.17) is 16.3 Å². The average molecular weight is 312 g/mol. The maximum atomic E-state index is 13.7. The predicted molar refractivity (Wildman–Crippen MR) is 79.6 cm³/mol. The Morgan fingerprint density at radius 2 is 1.95 bits per heavy atom. The summed E-state index contributed by atoms with van der Waals surface area (Å²) in [4.78, 5) is 0. The first-order valence-corrected chi connectivity index (χ1v) is 6.90. The van der Waals surface area contributed by atoms with E-state index in [1.807, 2.05) is 6.07 Å². The molecule has 0 heterocycles. The van der Waals surface area contributed by atoms with Crippen molar-refractivity contribution in [2.24, 2.45) is 0 Å². The number of hydrogen-bond acceptors (Lipinski definition) is 2. The number of nitrogens with one attached hydrogen (secondary N) is 1. The molecule has 2 rings (SSSR count). The summed E-state index contributed by atoms with van der Waals surface area (Å²) in [5, 5.41) is 3.66. The van der Waals surface area contributed by atoms with Crippen LogP contribution in [0.5, 0.6) is 5.75 Å². The van der Waals surface area contributed by atoms with E-state index in [2.05, 4.69) is 5.32 Å². The second kappa shape index (κ2) is 6.87. The zero-order valence-corrected chi connectivity index (χ0v) is 12.5. The summed E-state index contributed by atoms with van der Waals surface area (Å²) in [6.45, 7) is 2.27. The topological polar surface area (TPSA) is 21.3 Å². The molecular weight excluding hydrogens is 296 g/mol. The summed E-state index contributed by atoms with van der Waals surface area (Å²) in [5.41, 5.74) is 1.24. The Morgan fingerprint density at radius 1 is 1.19 bits per heavy atom. The molecule has 0 aliphatic rings. The third-order valence-electron chi connectivity index (χ3n) is 3.25. The molecule has 0 aromatic heterocycles. The lowest BCUT2D eigenvalue weighted by Crippen LogP contribution is -2.19. The van der Waals surface area contributed by atoms with Crippen molar-refractivity contribution in [3.05, 3.63) is 64.2 Å². The number of halogens is 3. The highest BCUT2D eigenvalue weighted by atomic mass is 35.5. The van der Waals surface area contributed by atoms with Crippen LogP contribution >= 0.6 is 11.6 Å². The van der Waals surface area contributed by atoms with Crippen molar-refractivity contribution in [3.8, 4) is 5.75 Å². The van der Waals surface area contributed by atoms with Crippen molar-refractivity contribution in [1.29, 1.82) is 0 Å². The van der Waals surface area contributed by atoms with Gasteiger partial charge in [-0.05, 0) is 42.8 Å². The van der Waals surface area contributed by atoms with Gasteiger partial charge in [0.1, 0.15) is 17.4 Å². The molecule has 0 fully saturated rings. The van der Waals surface area contributed by atoms with E-state index in [-0.39, 0.29) is 6.04 Å². The minimum atomic E-state index is -0.451. The van der Waals surface area contributed by atoms with Gasteiger partial charge in [-0.3, -0.25) is 0 Å². The van der Waals surface area contributed by atoms with Gasteiger partial charge in [0.2, 0.25) is 0 Å². The molecule has 0 saturated carbocycles. The van der Waals surface area contributed by atoms with Crippen molar-refractivity contribution in [3.63, 3.8) is 0 Å². The Kier molecular flexibility index (Phi) is 5.15. The van der Waals surface area contributed by atoms with Gasteiger partial charge in [0, 0.05) is 18.2 Å². The Bertz CT molecular complexity index is 634. The van der Waals surface area contributed by atoms with Gasteiger partial charge < -0.3 is 10.1 Å². The third kappa shape index (κ3) is 3.93. The number of ether oxygens (including phenoxy) is 1. The quantitative estimate of drug-likeness (QED) is 0.879. The highest BCUT2D eigenvalue weighted by molar-refractivity contribution is 6.32. The van der Waals surface area contributed by atoms with Gasteiger partial charge in [-0.1, -0.05) is 17.7 Å². The molecule has 2 aromatic carbocycles. The van der Waals surface area contributed by atoms with Gasteiger partial charge >= 0.3 is 0 Å². The normalized spacial score (nSPS) is 12.2. The molecule has 0 saturated heterocycles. The molecule has 1 N–H and O–H groups in total. The molecule has 1 atom stereocenters. The monoisotopic (exact) mass is 311 g/mol. The highest BCUT2D eigenvalue weighted by Crippen LogP contribution is 2.25. The van der Waals surface area contributed by atoms with Crippen LogP contribution in [0.25, 0.3) is 0 Å². The molecule has 112 valence electrons. The molecule has 2 aromatic rings. The molecular formula is C16H16ClF2NO. The van der Waals surface area contributed by atoms with Crippen LogP contribution in [0.15, 0.2) is 36.4 Å². The second-order valence-electron chi connectivity index (χ2n) is 4.74. The van der Waals surface area contributed by atoms with E-state index in [0.717, 1.165) is 17.7 Å². The van der Waals surface area contributed by atoms with Crippen LogP contribution in [0, 0.1) is 11.6 Å². The fourth-order valence-corrected chi connectivity index (χ4v) is 2.33. The zero-order valence-electron chi connectivity index (χ0n) is 11.8. The lowest BCUT2D eigenvalue weighted by atomic mass is 10.1. The lowest BCUT2D eigenvalue weighted by Gasteiger charge is -2.15. The molecule has 5 heteroatoms. The minimum absolute atomic E-state index is 0.301. The number of rotatable bonds is 5. The summed E-state index contributed by atoms with van der Waals surface area (Å²) in [6.07, 6.45) is 0. The molecule has 0 bridgehead atoms. The van der Waals surface area contributed by atoms with Crippen LogP contribution in [0.3, 0.4) is 0 Å². The molecule has 0 amide bonds. The summed E-state index contributed by atoms with van der Waals surface area (Å²) >= 11 is 6.05. The predicted octanol–water partition coefficient (Wildman–Crippen LogP) is 4.48. The highest BCUT2D eigenvalue weighted by Gasteiger charge is 2.12. The van der Waals surface area contributed by atoms with Gasteiger partial charge in [-0.15, -0.1) is 0 Å². The van der Waals surface area contributed by atoms with Gasteiger partial charge in [-0.2, -0.15) is 0 Å². The summed E-state index contributed by atoms with van der Waals surface area (Å²) in [7, 11) is 1.55. The van der Waals surface area contributed by atoms with Crippen molar-refractivity contribution in [1.82, 2.24) is 5.32 Å². The van der Waals surface area contributed by atoms with E-state index in [9.17, 15) is 8.78 Å². The first-order valence-electron chi connectivity index (χ1n) is 6.52. The van der Waals surface area contributed by atoms with Crippen molar-refractivity contribution in [2.75, 3.05) is 7.11 Å². The van der Waals surface area contributed by atoms with Gasteiger partial charge in [-0.25, -0.2) is 8.78 Å². The Morgan fingerprint density at radius 3 is 2.62 bits per heavy atom. The number of benzene rings is 2. The van der Waals surface area contributed by atoms with Crippen molar-refractivity contribution in [2.45, 2.75) is 19.5 Å². The second-order valence-corrected chi connectivity index (χ2v) is 5.14. The zero-order chi connectivity index (χ0) is 15.4. The number of hydrogen-bond donors (Lipinski definition) is 1. The Labute approximate surface area is 127 Å². The van der Waals surface area contributed by atoms with Crippen molar-refractivity contribution < 1.29 is 13.5 Å². The average Bonchev–Trinajstić information content (AvgIpc) is 2.47. The fourth-order valence-electron chi connectivity index (χ4n) is 2.05. The standard InChI is InChI=1S/C16H16ClF2NO/c1-10(13-8-12(18)4-5-15(13)19)20-9-11-3-6-16(21-2)14(17)7-11/h3-8,10,20H,9H2,1-2H3. The molecule has 1 unspecified atom stereocenters. The van der Waals surface area contributed by atoms with Gasteiger partial charge in [0.25, 0.3) is 0 Å². The van der Waals surface area contributed by atoms with E-state index in [1.165, 1.54) is 6.07 Å². The van der Waals surface area contributed by atoms with E-state index < -0.39 is 11.6 Å². The van der Waals surface area contributed by atoms with Crippen LogP contribution in [0.1, 0.15) is 24.1 Å². The van der Waals surface area contributed by atoms with Crippen LogP contribution in [0.4, 0.5) is 8.78 Å². The number of methoxy groups -OCH3 is 1. The third-order valence-corrected chi connectivity index (χ3v) is 3.55. The summed E-state index contributed by atoms with van der Waals surface area (Å²) in [6, 6.07) is 8.54. The molecule has 0 aliphatic carbocycles. The van der Waals surface area contributed by atoms with E-state index >= 15 is 0 Å². The van der Waals surface area contributed by atoms with Crippen LogP contribution in [-0.2, 0) is 6.54 Å². The fraction of sp³-hybridized carbons (Fsp3) is 0.250. The summed E-state index contributed by atoms with van der Waals surface area (Å²) < 4.78 is 31.9. The van der Waals surface area contributed by atoms with Crippen molar-refractivity contribution >= 4 is 11.6 Å². The van der Waals surface area contributed by atoms with E-state index in [1.54, 1.807) is 26.2 Å². The maximum Gasteiger partial charge on any atom is 0.137 e. The minimum Gasteiger partial charge on any atom is -0.495 e. The smallest absolute Gasteiger partial charge is 0.137 e.